The molecule has 88 valence electrons. The number of nitrogens with zero attached hydrogens (tertiary/aromatic N) is 1. The van der Waals surface area contributed by atoms with Crippen LogP contribution in [0.2, 0.25) is 0 Å². The molecule has 1 aromatic carbocycles. The maximum atomic E-state index is 5.89. The lowest BCUT2D eigenvalue weighted by Crippen LogP contribution is -2.00. The van der Waals surface area contributed by atoms with Gasteiger partial charge in [0.1, 0.15) is 11.5 Å². The molecule has 0 unspecified atom stereocenters. The molecule has 1 aromatic heterocycles. The SMILES string of the molecule is Cc1cccc(Oc2ccncc2CN)c1C. The topological polar surface area (TPSA) is 48.1 Å². The molecule has 0 aliphatic rings. The minimum Gasteiger partial charge on any atom is -0.457 e. The Hall–Kier alpha value is -1.87. The van der Waals surface area contributed by atoms with Crippen LogP contribution in [0.1, 0.15) is 16.7 Å². The Morgan fingerprint density at radius 1 is 1.18 bits per heavy atom. The predicted octanol–water partition coefficient (Wildman–Crippen LogP) is 2.95. The molecule has 0 atom stereocenters. The van der Waals surface area contributed by atoms with E-state index >= 15 is 0 Å². The minimum absolute atomic E-state index is 0.425. The van der Waals surface area contributed by atoms with Crippen molar-refractivity contribution in [2.24, 2.45) is 5.73 Å². The molecule has 0 bridgehead atoms. The van der Waals surface area contributed by atoms with Crippen molar-refractivity contribution in [3.63, 3.8) is 0 Å². The monoisotopic (exact) mass is 228 g/mol. The molecule has 0 saturated heterocycles. The minimum atomic E-state index is 0.425. The highest BCUT2D eigenvalue weighted by Crippen LogP contribution is 2.28. The van der Waals surface area contributed by atoms with Gasteiger partial charge < -0.3 is 10.5 Å². The highest BCUT2D eigenvalue weighted by molar-refractivity contribution is 5.42. The second-order valence-electron chi connectivity index (χ2n) is 3.99. The first kappa shape index (κ1) is 11.6. The Labute approximate surface area is 101 Å². The summed E-state index contributed by atoms with van der Waals surface area (Å²) in [6, 6.07) is 7.85. The number of nitrogens with two attached hydrogens (primary N) is 1. The lowest BCUT2D eigenvalue weighted by atomic mass is 10.1. The molecule has 0 radical (unpaired) electrons. The molecular weight excluding hydrogens is 212 g/mol. The van der Waals surface area contributed by atoms with Crippen LogP contribution in [0.5, 0.6) is 11.5 Å². The first-order valence-electron chi connectivity index (χ1n) is 5.59. The van der Waals surface area contributed by atoms with Gasteiger partial charge in [-0.2, -0.15) is 0 Å². The maximum Gasteiger partial charge on any atom is 0.135 e. The molecule has 1 heterocycles. The van der Waals surface area contributed by atoms with Gasteiger partial charge in [0.15, 0.2) is 0 Å². The maximum absolute atomic E-state index is 5.89. The number of aromatic nitrogens is 1. The van der Waals surface area contributed by atoms with E-state index in [1.807, 2.05) is 25.1 Å². The number of benzene rings is 1. The Bertz CT molecular complexity index is 523. The summed E-state index contributed by atoms with van der Waals surface area (Å²) in [6.07, 6.45) is 3.44. The highest BCUT2D eigenvalue weighted by Gasteiger charge is 2.06. The number of ether oxygens (including phenoxy) is 1. The quantitative estimate of drug-likeness (QED) is 0.878. The average molecular weight is 228 g/mol. The van der Waals surface area contributed by atoms with E-state index in [0.29, 0.717) is 6.54 Å². The van der Waals surface area contributed by atoms with Crippen LogP contribution in [0.3, 0.4) is 0 Å². The van der Waals surface area contributed by atoms with Gasteiger partial charge in [-0.3, -0.25) is 4.98 Å². The van der Waals surface area contributed by atoms with Crippen molar-refractivity contribution >= 4 is 0 Å². The van der Waals surface area contributed by atoms with E-state index in [9.17, 15) is 0 Å². The molecule has 0 aliphatic carbocycles. The average Bonchev–Trinajstić information content (AvgIpc) is 2.35. The molecule has 0 amide bonds. The molecule has 3 heteroatoms. The third-order valence-electron chi connectivity index (χ3n) is 2.85. The Balaban J connectivity index is 2.35. The van der Waals surface area contributed by atoms with Crippen LogP contribution in [0.25, 0.3) is 0 Å². The van der Waals surface area contributed by atoms with Gasteiger partial charge in [0.05, 0.1) is 0 Å². The van der Waals surface area contributed by atoms with Gasteiger partial charge in [-0.15, -0.1) is 0 Å². The third-order valence-corrected chi connectivity index (χ3v) is 2.85. The fourth-order valence-electron chi connectivity index (χ4n) is 1.62. The van der Waals surface area contributed by atoms with Crippen LogP contribution in [0.15, 0.2) is 36.7 Å². The second-order valence-corrected chi connectivity index (χ2v) is 3.99. The van der Waals surface area contributed by atoms with Crippen molar-refractivity contribution < 1.29 is 4.74 Å². The normalized spacial score (nSPS) is 10.3. The van der Waals surface area contributed by atoms with E-state index in [1.165, 1.54) is 5.56 Å². The van der Waals surface area contributed by atoms with Crippen LogP contribution in [0, 0.1) is 13.8 Å². The van der Waals surface area contributed by atoms with Crippen LogP contribution in [-0.4, -0.2) is 4.98 Å². The van der Waals surface area contributed by atoms with Gasteiger partial charge in [-0.1, -0.05) is 12.1 Å². The van der Waals surface area contributed by atoms with Crippen LogP contribution in [0.4, 0.5) is 0 Å². The number of hydrogen-bond donors (Lipinski definition) is 1. The van der Waals surface area contributed by atoms with Crippen LogP contribution in [-0.2, 0) is 6.54 Å². The third kappa shape index (κ3) is 2.45. The van der Waals surface area contributed by atoms with E-state index in [2.05, 4.69) is 18.0 Å². The Morgan fingerprint density at radius 2 is 2.00 bits per heavy atom. The smallest absolute Gasteiger partial charge is 0.135 e. The highest BCUT2D eigenvalue weighted by atomic mass is 16.5. The molecule has 2 N–H and O–H groups in total. The Kier molecular flexibility index (Phi) is 3.40. The fourth-order valence-corrected chi connectivity index (χ4v) is 1.62. The first-order chi connectivity index (χ1) is 8.22. The number of aryl methyl sites for hydroxylation is 1. The van der Waals surface area contributed by atoms with Crippen molar-refractivity contribution in [3.05, 3.63) is 53.3 Å². The van der Waals surface area contributed by atoms with E-state index in [0.717, 1.165) is 22.6 Å². The molecule has 0 aliphatic heterocycles. The van der Waals surface area contributed by atoms with Crippen molar-refractivity contribution in [1.82, 2.24) is 4.98 Å². The molecule has 0 fully saturated rings. The van der Waals surface area contributed by atoms with E-state index in [1.54, 1.807) is 12.4 Å². The van der Waals surface area contributed by atoms with Gasteiger partial charge in [0.2, 0.25) is 0 Å². The lowest BCUT2D eigenvalue weighted by Gasteiger charge is -2.12. The van der Waals surface area contributed by atoms with Crippen molar-refractivity contribution in [2.75, 3.05) is 0 Å². The summed E-state index contributed by atoms with van der Waals surface area (Å²) in [7, 11) is 0. The molecule has 17 heavy (non-hydrogen) atoms. The van der Waals surface area contributed by atoms with Crippen LogP contribution >= 0.6 is 0 Å². The first-order valence-corrected chi connectivity index (χ1v) is 5.59. The summed E-state index contributed by atoms with van der Waals surface area (Å²) in [5.41, 5.74) is 8.92. The molecule has 0 spiro atoms. The van der Waals surface area contributed by atoms with E-state index < -0.39 is 0 Å². The number of pyridine rings is 1. The summed E-state index contributed by atoms with van der Waals surface area (Å²) < 4.78 is 5.89. The lowest BCUT2D eigenvalue weighted by molar-refractivity contribution is 0.471. The summed E-state index contributed by atoms with van der Waals surface area (Å²) in [4.78, 5) is 4.04. The van der Waals surface area contributed by atoms with Crippen molar-refractivity contribution in [2.45, 2.75) is 20.4 Å². The zero-order valence-electron chi connectivity index (χ0n) is 10.1. The van der Waals surface area contributed by atoms with Gasteiger partial charge in [-0.05, 0) is 37.1 Å². The zero-order chi connectivity index (χ0) is 12.3. The van der Waals surface area contributed by atoms with E-state index in [-0.39, 0.29) is 0 Å². The summed E-state index contributed by atoms with van der Waals surface area (Å²) in [5, 5.41) is 0. The molecule has 0 saturated carbocycles. The van der Waals surface area contributed by atoms with Crippen LogP contribution < -0.4 is 10.5 Å². The van der Waals surface area contributed by atoms with Gasteiger partial charge in [0, 0.05) is 24.5 Å². The van der Waals surface area contributed by atoms with Crippen molar-refractivity contribution in [1.29, 1.82) is 0 Å². The standard InChI is InChI=1S/C14H16N2O/c1-10-4-3-5-13(11(10)2)17-14-6-7-16-9-12(14)8-15/h3-7,9H,8,15H2,1-2H3. The zero-order valence-corrected chi connectivity index (χ0v) is 10.1. The Morgan fingerprint density at radius 3 is 2.76 bits per heavy atom. The predicted molar refractivity (Wildman–Crippen MR) is 68.1 cm³/mol. The van der Waals surface area contributed by atoms with Crippen molar-refractivity contribution in [3.8, 4) is 11.5 Å². The summed E-state index contributed by atoms with van der Waals surface area (Å²) in [6.45, 7) is 4.54. The molecule has 2 aromatic rings. The van der Waals surface area contributed by atoms with Gasteiger partial charge in [0.25, 0.3) is 0 Å². The largest absolute Gasteiger partial charge is 0.457 e. The molecule has 2 rings (SSSR count). The fraction of sp³-hybridized carbons (Fsp3) is 0.214. The van der Waals surface area contributed by atoms with E-state index in [4.69, 9.17) is 10.5 Å². The number of rotatable bonds is 3. The number of hydrogen-bond acceptors (Lipinski definition) is 3. The van der Waals surface area contributed by atoms with Gasteiger partial charge in [-0.25, -0.2) is 0 Å². The van der Waals surface area contributed by atoms with Gasteiger partial charge >= 0.3 is 0 Å². The summed E-state index contributed by atoms with van der Waals surface area (Å²) in [5.74, 6) is 1.64. The second kappa shape index (κ2) is 4.97. The summed E-state index contributed by atoms with van der Waals surface area (Å²) >= 11 is 0. The molecular formula is C14H16N2O. The molecule has 3 nitrogen and oxygen atoms in total.